The summed E-state index contributed by atoms with van der Waals surface area (Å²) in [4.78, 5) is 15.8. The molecule has 0 aliphatic heterocycles. The molecule has 0 spiro atoms. The minimum atomic E-state index is -2.06. The third-order valence-corrected chi connectivity index (χ3v) is 11.3. The lowest BCUT2D eigenvalue weighted by Crippen LogP contribution is -2.49. The summed E-state index contributed by atoms with van der Waals surface area (Å²) in [6.07, 6.45) is 0. The summed E-state index contributed by atoms with van der Waals surface area (Å²) < 4.78 is 12.4. The molecule has 0 unspecified atom stereocenters. The highest BCUT2D eigenvalue weighted by atomic mass is 28.4. The van der Waals surface area contributed by atoms with E-state index in [0.717, 1.165) is 16.7 Å². The van der Waals surface area contributed by atoms with Gasteiger partial charge in [0.2, 0.25) is 0 Å². The van der Waals surface area contributed by atoms with Crippen LogP contribution in [0.3, 0.4) is 0 Å². The van der Waals surface area contributed by atoms with Crippen LogP contribution in [-0.4, -0.2) is 31.8 Å². The van der Waals surface area contributed by atoms with E-state index in [0.29, 0.717) is 19.7 Å². The van der Waals surface area contributed by atoms with Gasteiger partial charge in [-0.1, -0.05) is 112 Å². The van der Waals surface area contributed by atoms with E-state index in [-0.39, 0.29) is 17.6 Å². The molecule has 0 bridgehead atoms. The molecule has 3 aromatic rings. The zero-order valence-corrected chi connectivity index (χ0v) is 22.7. The predicted molar refractivity (Wildman–Crippen MR) is 145 cm³/mol. The van der Waals surface area contributed by atoms with Gasteiger partial charge in [0.05, 0.1) is 6.61 Å². The number of carbonyl (C=O) groups is 1. The first-order valence-corrected chi connectivity index (χ1v) is 15.2. The normalized spacial score (nSPS) is 13.0. The third kappa shape index (κ3) is 8.17. The Hall–Kier alpha value is -2.73. The van der Waals surface area contributed by atoms with E-state index in [1.807, 2.05) is 66.7 Å². The van der Waals surface area contributed by atoms with Crippen molar-refractivity contribution in [2.75, 3.05) is 6.61 Å². The number of rotatable bonds is 11. The molecule has 0 heterocycles. The Morgan fingerprint density at radius 1 is 0.771 bits per heavy atom. The van der Waals surface area contributed by atoms with Gasteiger partial charge in [-0.3, -0.25) is 9.69 Å². The van der Waals surface area contributed by atoms with Crippen molar-refractivity contribution in [2.45, 2.75) is 64.6 Å². The maximum Gasteiger partial charge on any atom is 0.326 e. The van der Waals surface area contributed by atoms with Gasteiger partial charge >= 0.3 is 5.97 Å². The molecule has 0 fully saturated rings. The van der Waals surface area contributed by atoms with Gasteiger partial charge in [-0.05, 0) is 34.8 Å². The molecule has 4 nitrogen and oxygen atoms in total. The molecule has 5 heteroatoms. The van der Waals surface area contributed by atoms with Crippen LogP contribution < -0.4 is 0 Å². The van der Waals surface area contributed by atoms with Gasteiger partial charge in [0.1, 0.15) is 12.6 Å². The molecule has 0 saturated carbocycles. The van der Waals surface area contributed by atoms with Crippen LogP contribution in [-0.2, 0) is 33.7 Å². The maximum atomic E-state index is 13.6. The van der Waals surface area contributed by atoms with Crippen molar-refractivity contribution in [3.8, 4) is 0 Å². The topological polar surface area (TPSA) is 38.8 Å². The highest BCUT2D eigenvalue weighted by Crippen LogP contribution is 2.36. The zero-order chi connectivity index (χ0) is 25.3. The second kappa shape index (κ2) is 12.3. The molecule has 3 aromatic carbocycles. The van der Waals surface area contributed by atoms with E-state index in [1.165, 1.54) is 0 Å². The van der Waals surface area contributed by atoms with Crippen LogP contribution in [0, 0.1) is 0 Å². The molecule has 0 aliphatic rings. The summed E-state index contributed by atoms with van der Waals surface area (Å²) >= 11 is 0. The van der Waals surface area contributed by atoms with Gasteiger partial charge < -0.3 is 9.16 Å². The van der Waals surface area contributed by atoms with Gasteiger partial charge in [-0.15, -0.1) is 0 Å². The first-order valence-electron chi connectivity index (χ1n) is 12.3. The number of benzene rings is 3. The molecule has 0 radical (unpaired) electrons. The summed E-state index contributed by atoms with van der Waals surface area (Å²) in [5.41, 5.74) is 3.27. The number of ether oxygens (including phenoxy) is 1. The number of hydrogen-bond donors (Lipinski definition) is 0. The number of carbonyl (C=O) groups excluding carboxylic acids is 1. The van der Waals surface area contributed by atoms with Crippen molar-refractivity contribution < 1.29 is 14.0 Å². The van der Waals surface area contributed by atoms with E-state index in [2.05, 4.69) is 63.0 Å². The molecular formula is C30H39NO3Si. The Bertz CT molecular complexity index is 992. The molecule has 35 heavy (non-hydrogen) atoms. The number of nitrogens with zero attached hydrogens (tertiary/aromatic N) is 1. The summed E-state index contributed by atoms with van der Waals surface area (Å²) in [6, 6.07) is 29.8. The monoisotopic (exact) mass is 489 g/mol. The molecule has 186 valence electrons. The van der Waals surface area contributed by atoms with Gasteiger partial charge in [0, 0.05) is 13.1 Å². The fourth-order valence-corrected chi connectivity index (χ4v) is 4.57. The van der Waals surface area contributed by atoms with Crippen LogP contribution in [0.15, 0.2) is 91.0 Å². The van der Waals surface area contributed by atoms with Gasteiger partial charge in [0.25, 0.3) is 0 Å². The Morgan fingerprint density at radius 2 is 1.20 bits per heavy atom. The van der Waals surface area contributed by atoms with Crippen LogP contribution in [0.25, 0.3) is 0 Å². The SMILES string of the molecule is CC(C)(C)[Si](C)(C)OC[C@@H](C(=O)OCc1ccccc1)N(Cc1ccccc1)Cc1ccccc1. The Balaban J connectivity index is 1.87. The van der Waals surface area contributed by atoms with Crippen molar-refractivity contribution in [1.82, 2.24) is 4.90 Å². The highest BCUT2D eigenvalue weighted by Gasteiger charge is 2.39. The molecule has 0 aromatic heterocycles. The van der Waals surface area contributed by atoms with E-state index in [4.69, 9.17) is 9.16 Å². The standard InChI is InChI=1S/C30H39NO3Si/c1-30(2,3)35(4,5)34-24-28(29(32)33-23-27-19-13-8-14-20-27)31(21-25-15-9-6-10-16-25)22-26-17-11-7-12-18-26/h6-20,28H,21-24H2,1-5H3/t28-/m0/s1. The average Bonchev–Trinajstić information content (AvgIpc) is 2.84. The fraction of sp³-hybridized carbons (Fsp3) is 0.367. The minimum Gasteiger partial charge on any atom is -0.460 e. The first kappa shape index (κ1) is 26.9. The zero-order valence-electron chi connectivity index (χ0n) is 21.7. The Morgan fingerprint density at radius 3 is 1.63 bits per heavy atom. The quantitative estimate of drug-likeness (QED) is 0.219. The smallest absolute Gasteiger partial charge is 0.326 e. The lowest BCUT2D eigenvalue weighted by molar-refractivity contribution is -0.153. The van der Waals surface area contributed by atoms with Crippen LogP contribution in [0.5, 0.6) is 0 Å². The van der Waals surface area contributed by atoms with E-state index < -0.39 is 14.4 Å². The second-order valence-electron chi connectivity index (χ2n) is 10.6. The molecule has 3 rings (SSSR count). The highest BCUT2D eigenvalue weighted by molar-refractivity contribution is 6.74. The van der Waals surface area contributed by atoms with Crippen LogP contribution in [0.2, 0.25) is 18.1 Å². The van der Waals surface area contributed by atoms with E-state index in [1.54, 1.807) is 0 Å². The number of esters is 1. The number of hydrogen-bond acceptors (Lipinski definition) is 4. The van der Waals surface area contributed by atoms with Crippen molar-refractivity contribution >= 4 is 14.3 Å². The van der Waals surface area contributed by atoms with Gasteiger partial charge in [0.15, 0.2) is 8.32 Å². The van der Waals surface area contributed by atoms with Crippen molar-refractivity contribution in [3.05, 3.63) is 108 Å². The fourth-order valence-electron chi connectivity index (χ4n) is 3.56. The van der Waals surface area contributed by atoms with Crippen LogP contribution in [0.4, 0.5) is 0 Å². The molecule has 0 aliphatic carbocycles. The Labute approximate surface area is 212 Å². The summed E-state index contributed by atoms with van der Waals surface area (Å²) in [7, 11) is -2.06. The summed E-state index contributed by atoms with van der Waals surface area (Å²) in [5, 5.41) is 0.0508. The average molecular weight is 490 g/mol. The summed E-state index contributed by atoms with van der Waals surface area (Å²) in [6.45, 7) is 12.9. The molecule has 0 N–H and O–H groups in total. The van der Waals surface area contributed by atoms with Crippen molar-refractivity contribution in [3.63, 3.8) is 0 Å². The molecule has 1 atom stereocenters. The van der Waals surface area contributed by atoms with Crippen LogP contribution >= 0.6 is 0 Å². The second-order valence-corrected chi connectivity index (χ2v) is 15.4. The van der Waals surface area contributed by atoms with E-state index in [9.17, 15) is 4.79 Å². The molecular weight excluding hydrogens is 450 g/mol. The molecule has 0 saturated heterocycles. The van der Waals surface area contributed by atoms with E-state index >= 15 is 0 Å². The van der Waals surface area contributed by atoms with Crippen LogP contribution in [0.1, 0.15) is 37.5 Å². The Kier molecular flexibility index (Phi) is 9.44. The van der Waals surface area contributed by atoms with Gasteiger partial charge in [-0.2, -0.15) is 0 Å². The lowest BCUT2D eigenvalue weighted by Gasteiger charge is -2.39. The lowest BCUT2D eigenvalue weighted by atomic mass is 10.1. The first-order chi connectivity index (χ1) is 16.7. The largest absolute Gasteiger partial charge is 0.460 e. The third-order valence-electron chi connectivity index (χ3n) is 6.80. The van der Waals surface area contributed by atoms with Gasteiger partial charge in [-0.25, -0.2) is 0 Å². The van der Waals surface area contributed by atoms with Crippen molar-refractivity contribution in [2.24, 2.45) is 0 Å². The summed E-state index contributed by atoms with van der Waals surface area (Å²) in [5.74, 6) is -0.251. The van der Waals surface area contributed by atoms with Crippen molar-refractivity contribution in [1.29, 1.82) is 0 Å². The minimum absolute atomic E-state index is 0.0508. The predicted octanol–water partition coefficient (Wildman–Crippen LogP) is 6.82. The maximum absolute atomic E-state index is 13.6. The molecule has 0 amide bonds.